The van der Waals surface area contributed by atoms with E-state index in [1.54, 1.807) is 6.92 Å². The van der Waals surface area contributed by atoms with E-state index < -0.39 is 5.97 Å². The summed E-state index contributed by atoms with van der Waals surface area (Å²) >= 11 is 12.6. The summed E-state index contributed by atoms with van der Waals surface area (Å²) in [6, 6.07) is 1.54. The number of hydrogen-bond donors (Lipinski definition) is 2. The van der Waals surface area contributed by atoms with E-state index >= 15 is 0 Å². The number of halogens is 2. The molecule has 7 heteroatoms. The van der Waals surface area contributed by atoms with Crippen LogP contribution in [0.1, 0.15) is 22.8 Å². The predicted molar refractivity (Wildman–Crippen MR) is 85.0 cm³/mol. The van der Waals surface area contributed by atoms with Crippen LogP contribution in [0.5, 0.6) is 0 Å². The van der Waals surface area contributed by atoms with Gasteiger partial charge in [0.2, 0.25) is 0 Å². The van der Waals surface area contributed by atoms with Gasteiger partial charge in [0.15, 0.2) is 0 Å². The maximum absolute atomic E-state index is 11.8. The number of nitrogens with one attached hydrogen (secondary N) is 1. The maximum Gasteiger partial charge on any atom is 0.340 e. The fourth-order valence-electron chi connectivity index (χ4n) is 2.29. The number of carbonyl (C=O) groups excluding carboxylic acids is 1. The van der Waals surface area contributed by atoms with Crippen molar-refractivity contribution in [1.29, 1.82) is 0 Å². The first-order valence-corrected chi connectivity index (χ1v) is 7.66. The van der Waals surface area contributed by atoms with E-state index in [9.17, 15) is 4.79 Å². The standard InChI is InChI=1S/C14H19Cl2N3O2/c1-2-21-14(20)9-7-11(15)10(12(16)13(9)17)8-19-5-3-18-4-6-19/h7,18H,2-6,8,17H2,1H3. The molecule has 0 radical (unpaired) electrons. The average molecular weight is 332 g/mol. The Kier molecular flexibility index (Phi) is 5.70. The molecular weight excluding hydrogens is 313 g/mol. The molecule has 0 aromatic heterocycles. The highest BCUT2D eigenvalue weighted by Crippen LogP contribution is 2.34. The Hall–Kier alpha value is -1.01. The summed E-state index contributed by atoms with van der Waals surface area (Å²) in [5.74, 6) is -0.507. The zero-order valence-electron chi connectivity index (χ0n) is 11.9. The predicted octanol–water partition coefficient (Wildman–Crippen LogP) is 2.16. The Morgan fingerprint density at radius 1 is 1.43 bits per heavy atom. The van der Waals surface area contributed by atoms with Crippen LogP contribution in [0.15, 0.2) is 6.07 Å². The van der Waals surface area contributed by atoms with Gasteiger partial charge in [0.1, 0.15) is 0 Å². The van der Waals surface area contributed by atoms with E-state index in [1.807, 2.05) is 0 Å². The molecule has 116 valence electrons. The molecule has 1 aromatic carbocycles. The van der Waals surface area contributed by atoms with Gasteiger partial charge in [0.05, 0.1) is 22.9 Å². The van der Waals surface area contributed by atoms with Gasteiger partial charge >= 0.3 is 5.97 Å². The van der Waals surface area contributed by atoms with Crippen LogP contribution in [-0.2, 0) is 11.3 Å². The van der Waals surface area contributed by atoms with Crippen molar-refractivity contribution in [2.75, 3.05) is 38.5 Å². The first-order chi connectivity index (χ1) is 10.0. The molecule has 0 spiro atoms. The lowest BCUT2D eigenvalue weighted by Crippen LogP contribution is -2.43. The van der Waals surface area contributed by atoms with Crippen LogP contribution in [0.25, 0.3) is 0 Å². The van der Waals surface area contributed by atoms with Crippen molar-refractivity contribution in [2.45, 2.75) is 13.5 Å². The molecule has 0 amide bonds. The second-order valence-corrected chi connectivity index (χ2v) is 5.64. The Labute approximate surface area is 134 Å². The highest BCUT2D eigenvalue weighted by molar-refractivity contribution is 6.38. The monoisotopic (exact) mass is 331 g/mol. The summed E-state index contributed by atoms with van der Waals surface area (Å²) in [6.45, 7) is 6.34. The smallest absolute Gasteiger partial charge is 0.340 e. The Balaban J connectivity index is 2.26. The summed E-state index contributed by atoms with van der Waals surface area (Å²) < 4.78 is 4.95. The minimum absolute atomic E-state index is 0.218. The van der Waals surface area contributed by atoms with Gasteiger partial charge in [-0.3, -0.25) is 4.90 Å². The topological polar surface area (TPSA) is 67.6 Å². The van der Waals surface area contributed by atoms with Crippen LogP contribution in [0.2, 0.25) is 10.0 Å². The van der Waals surface area contributed by atoms with Crippen molar-refractivity contribution in [2.24, 2.45) is 0 Å². The number of rotatable bonds is 4. The third-order valence-corrected chi connectivity index (χ3v) is 4.21. The number of anilines is 1. The van der Waals surface area contributed by atoms with Crippen molar-refractivity contribution in [3.05, 3.63) is 27.2 Å². The molecule has 3 N–H and O–H groups in total. The highest BCUT2D eigenvalue weighted by Gasteiger charge is 2.21. The lowest BCUT2D eigenvalue weighted by Gasteiger charge is -2.28. The largest absolute Gasteiger partial charge is 0.462 e. The molecule has 0 saturated carbocycles. The number of nitrogens with zero attached hydrogens (tertiary/aromatic N) is 1. The van der Waals surface area contributed by atoms with Crippen LogP contribution < -0.4 is 11.1 Å². The van der Waals surface area contributed by atoms with E-state index in [0.29, 0.717) is 16.6 Å². The van der Waals surface area contributed by atoms with E-state index in [4.69, 9.17) is 33.7 Å². The fraction of sp³-hybridized carbons (Fsp3) is 0.500. The van der Waals surface area contributed by atoms with Crippen LogP contribution >= 0.6 is 23.2 Å². The molecule has 0 bridgehead atoms. The molecule has 1 fully saturated rings. The van der Waals surface area contributed by atoms with Crippen LogP contribution in [0.4, 0.5) is 5.69 Å². The molecule has 2 rings (SSSR count). The average Bonchev–Trinajstić information content (AvgIpc) is 2.48. The molecule has 1 aromatic rings. The van der Waals surface area contributed by atoms with Gasteiger partial charge in [-0.1, -0.05) is 23.2 Å². The number of nitrogens with two attached hydrogens (primary N) is 1. The van der Waals surface area contributed by atoms with E-state index in [-0.39, 0.29) is 17.9 Å². The Bertz CT molecular complexity index is 531. The number of benzene rings is 1. The first-order valence-electron chi connectivity index (χ1n) is 6.91. The molecule has 1 heterocycles. The van der Waals surface area contributed by atoms with E-state index in [1.165, 1.54) is 6.07 Å². The van der Waals surface area contributed by atoms with Crippen molar-refractivity contribution >= 4 is 34.9 Å². The van der Waals surface area contributed by atoms with Crippen molar-refractivity contribution in [3.63, 3.8) is 0 Å². The Morgan fingerprint density at radius 3 is 2.71 bits per heavy atom. The number of hydrogen-bond acceptors (Lipinski definition) is 5. The molecule has 0 unspecified atom stereocenters. The van der Waals surface area contributed by atoms with E-state index in [2.05, 4.69) is 10.2 Å². The van der Waals surface area contributed by atoms with Gasteiger partial charge in [-0.15, -0.1) is 0 Å². The van der Waals surface area contributed by atoms with Crippen LogP contribution in [0.3, 0.4) is 0 Å². The normalized spacial score (nSPS) is 16.0. The van der Waals surface area contributed by atoms with Crippen LogP contribution in [0, 0.1) is 0 Å². The number of carbonyl (C=O) groups is 1. The Morgan fingerprint density at radius 2 is 2.10 bits per heavy atom. The lowest BCUT2D eigenvalue weighted by molar-refractivity contribution is 0.0527. The number of esters is 1. The second kappa shape index (κ2) is 7.31. The van der Waals surface area contributed by atoms with Gasteiger partial charge in [-0.25, -0.2) is 4.79 Å². The van der Waals surface area contributed by atoms with Crippen LogP contribution in [-0.4, -0.2) is 43.7 Å². The molecule has 5 nitrogen and oxygen atoms in total. The third-order valence-electron chi connectivity index (χ3n) is 3.44. The minimum Gasteiger partial charge on any atom is -0.462 e. The molecular formula is C14H19Cl2N3O2. The van der Waals surface area contributed by atoms with Crippen molar-refractivity contribution in [1.82, 2.24) is 10.2 Å². The lowest BCUT2D eigenvalue weighted by atomic mass is 10.1. The molecule has 1 saturated heterocycles. The summed E-state index contributed by atoms with van der Waals surface area (Å²) in [5, 5.41) is 4.06. The summed E-state index contributed by atoms with van der Waals surface area (Å²) in [4.78, 5) is 14.1. The minimum atomic E-state index is -0.507. The quantitative estimate of drug-likeness (QED) is 0.653. The highest BCUT2D eigenvalue weighted by atomic mass is 35.5. The van der Waals surface area contributed by atoms with Gasteiger partial charge < -0.3 is 15.8 Å². The first kappa shape index (κ1) is 16.4. The molecule has 0 atom stereocenters. The second-order valence-electron chi connectivity index (χ2n) is 4.86. The van der Waals surface area contributed by atoms with Gasteiger partial charge in [0.25, 0.3) is 0 Å². The molecule has 0 aliphatic carbocycles. The zero-order valence-corrected chi connectivity index (χ0v) is 13.4. The van der Waals surface area contributed by atoms with Gasteiger partial charge in [-0.2, -0.15) is 0 Å². The number of nitrogen functional groups attached to an aromatic ring is 1. The summed E-state index contributed by atoms with van der Waals surface area (Å²) in [6.07, 6.45) is 0. The van der Waals surface area contributed by atoms with Crippen molar-refractivity contribution < 1.29 is 9.53 Å². The SMILES string of the molecule is CCOC(=O)c1cc(Cl)c(CN2CCNCC2)c(Cl)c1N. The zero-order chi connectivity index (χ0) is 15.4. The molecule has 21 heavy (non-hydrogen) atoms. The van der Waals surface area contributed by atoms with E-state index in [0.717, 1.165) is 31.7 Å². The number of ether oxygens (including phenoxy) is 1. The summed E-state index contributed by atoms with van der Waals surface area (Å²) in [5.41, 5.74) is 7.17. The fourth-order valence-corrected chi connectivity index (χ4v) is 2.87. The maximum atomic E-state index is 11.8. The van der Waals surface area contributed by atoms with Gasteiger partial charge in [0, 0.05) is 43.3 Å². The third kappa shape index (κ3) is 3.80. The van der Waals surface area contributed by atoms with Gasteiger partial charge in [-0.05, 0) is 13.0 Å². The summed E-state index contributed by atoms with van der Waals surface area (Å²) in [7, 11) is 0. The molecule has 1 aliphatic heterocycles. The number of piperazine rings is 1. The van der Waals surface area contributed by atoms with Crippen molar-refractivity contribution in [3.8, 4) is 0 Å². The molecule has 1 aliphatic rings.